The predicted octanol–water partition coefficient (Wildman–Crippen LogP) is 4.16. The molecule has 0 amide bonds. The molecule has 5 unspecified atom stereocenters. The van der Waals surface area contributed by atoms with Crippen molar-refractivity contribution in [3.63, 3.8) is 0 Å². The van der Waals surface area contributed by atoms with Gasteiger partial charge in [0.1, 0.15) is 5.60 Å². The molecule has 1 aliphatic carbocycles. The molecule has 2 bridgehead atoms. The van der Waals surface area contributed by atoms with Crippen LogP contribution in [0.4, 0.5) is 0 Å². The summed E-state index contributed by atoms with van der Waals surface area (Å²) in [6.45, 7) is 10.5. The van der Waals surface area contributed by atoms with E-state index in [1.54, 1.807) is 0 Å². The van der Waals surface area contributed by atoms with Crippen molar-refractivity contribution >= 4 is 5.97 Å². The molecule has 0 spiro atoms. The molecule has 0 radical (unpaired) electrons. The Morgan fingerprint density at radius 2 is 2.09 bits per heavy atom. The highest BCUT2D eigenvalue weighted by Crippen LogP contribution is 2.55. The summed E-state index contributed by atoms with van der Waals surface area (Å²) in [5.41, 5.74) is 1.39. The third-order valence-electron chi connectivity index (χ3n) is 6.75. The van der Waals surface area contributed by atoms with Gasteiger partial charge in [0.05, 0.1) is 6.10 Å². The lowest BCUT2D eigenvalue weighted by Gasteiger charge is -2.42. The zero-order valence-corrected chi connectivity index (χ0v) is 14.7. The molecule has 3 nitrogen and oxygen atoms in total. The van der Waals surface area contributed by atoms with Crippen LogP contribution in [0.3, 0.4) is 0 Å². The maximum Gasteiger partial charge on any atom is 0.334 e. The van der Waals surface area contributed by atoms with E-state index >= 15 is 0 Å². The Kier molecular flexibility index (Phi) is 4.20. The normalized spacial score (nSPS) is 44.1. The Hall–Kier alpha value is -1.09. The second-order valence-corrected chi connectivity index (χ2v) is 8.48. The molecule has 0 aromatic carbocycles. The summed E-state index contributed by atoms with van der Waals surface area (Å²) < 4.78 is 5.74. The average Bonchev–Trinajstić information content (AvgIpc) is 2.69. The first kappa shape index (κ1) is 16.8. The monoisotopic (exact) mass is 318 g/mol. The van der Waals surface area contributed by atoms with E-state index in [0.717, 1.165) is 37.7 Å². The van der Waals surface area contributed by atoms with Gasteiger partial charge in [-0.3, -0.25) is 0 Å². The third-order valence-corrected chi connectivity index (χ3v) is 6.75. The van der Waals surface area contributed by atoms with E-state index in [1.807, 2.05) is 13.0 Å². The van der Waals surface area contributed by atoms with Crippen LogP contribution in [0.25, 0.3) is 0 Å². The number of aliphatic hydroxyl groups is 1. The van der Waals surface area contributed by atoms with Crippen molar-refractivity contribution in [2.24, 2.45) is 17.3 Å². The highest BCUT2D eigenvalue weighted by molar-refractivity contribution is 5.89. The summed E-state index contributed by atoms with van der Waals surface area (Å²) in [6.07, 6.45) is 7.69. The largest absolute Gasteiger partial charge is 0.453 e. The molecule has 128 valence electrons. The molecule has 2 fully saturated rings. The second kappa shape index (κ2) is 5.77. The topological polar surface area (TPSA) is 46.5 Å². The number of hydrogen-bond acceptors (Lipinski definition) is 3. The highest BCUT2D eigenvalue weighted by atomic mass is 16.6. The van der Waals surface area contributed by atoms with E-state index in [-0.39, 0.29) is 11.4 Å². The van der Waals surface area contributed by atoms with Gasteiger partial charge in [-0.2, -0.15) is 0 Å². The van der Waals surface area contributed by atoms with E-state index in [0.29, 0.717) is 24.7 Å². The number of hydrogen-bond donors (Lipinski definition) is 1. The summed E-state index contributed by atoms with van der Waals surface area (Å²) in [5.74, 6) is 0.778. The van der Waals surface area contributed by atoms with Gasteiger partial charge in [-0.25, -0.2) is 4.79 Å². The van der Waals surface area contributed by atoms with Crippen molar-refractivity contribution < 1.29 is 14.6 Å². The molecule has 2 heterocycles. The minimum absolute atomic E-state index is 0.101. The number of carbonyl (C=O) groups is 1. The quantitative estimate of drug-likeness (QED) is 0.583. The van der Waals surface area contributed by atoms with Crippen LogP contribution in [-0.4, -0.2) is 22.8 Å². The standard InChI is InChI=1S/C20H30O3/c1-13(2)15-9-11-19(3)12-17(21)20(4)10-5-6-14(18(22)23-20)7-8-16(15)19/h6,15-17,21H,1,5,7-12H2,2-4H3. The van der Waals surface area contributed by atoms with Crippen LogP contribution in [-0.2, 0) is 9.53 Å². The number of fused-ring (bicyclic) bond motifs is 4. The van der Waals surface area contributed by atoms with Crippen molar-refractivity contribution in [3.8, 4) is 0 Å². The van der Waals surface area contributed by atoms with E-state index in [9.17, 15) is 9.90 Å². The molecule has 2 aliphatic heterocycles. The SMILES string of the molecule is C=C(C)C1CCC2(C)CC(O)C3(C)CCC=C(CCC12)C(=O)O3. The molecule has 0 aromatic heterocycles. The Labute approximate surface area is 139 Å². The van der Waals surface area contributed by atoms with Gasteiger partial charge in [0.25, 0.3) is 0 Å². The van der Waals surface area contributed by atoms with Gasteiger partial charge in [0.15, 0.2) is 0 Å². The number of rotatable bonds is 1. The molecule has 1 saturated carbocycles. The van der Waals surface area contributed by atoms with E-state index < -0.39 is 11.7 Å². The van der Waals surface area contributed by atoms with Gasteiger partial charge >= 0.3 is 5.97 Å². The Morgan fingerprint density at radius 1 is 1.35 bits per heavy atom. The van der Waals surface area contributed by atoms with Crippen molar-refractivity contribution in [3.05, 3.63) is 23.8 Å². The lowest BCUT2D eigenvalue weighted by molar-refractivity contribution is -0.170. The lowest BCUT2D eigenvalue weighted by atomic mass is 9.68. The summed E-state index contributed by atoms with van der Waals surface area (Å²) in [4.78, 5) is 12.4. The van der Waals surface area contributed by atoms with Gasteiger partial charge < -0.3 is 9.84 Å². The van der Waals surface area contributed by atoms with Crippen LogP contribution in [0.5, 0.6) is 0 Å². The minimum Gasteiger partial charge on any atom is -0.453 e. The maximum atomic E-state index is 12.4. The number of carbonyl (C=O) groups excluding carboxylic acids is 1. The molecule has 5 atom stereocenters. The summed E-state index contributed by atoms with van der Waals surface area (Å²) >= 11 is 0. The Balaban J connectivity index is 1.98. The van der Waals surface area contributed by atoms with Crippen LogP contribution in [0.1, 0.15) is 65.7 Å². The molecular weight excluding hydrogens is 288 g/mol. The first-order valence-electron chi connectivity index (χ1n) is 9.01. The highest BCUT2D eigenvalue weighted by Gasteiger charge is 2.50. The van der Waals surface area contributed by atoms with Gasteiger partial charge in [0, 0.05) is 5.57 Å². The van der Waals surface area contributed by atoms with Crippen molar-refractivity contribution in [1.82, 2.24) is 0 Å². The van der Waals surface area contributed by atoms with Crippen molar-refractivity contribution in [1.29, 1.82) is 0 Å². The van der Waals surface area contributed by atoms with Crippen molar-refractivity contribution in [2.45, 2.75) is 77.4 Å². The fourth-order valence-corrected chi connectivity index (χ4v) is 5.10. The molecule has 3 heteroatoms. The zero-order chi connectivity index (χ0) is 16.8. The van der Waals surface area contributed by atoms with Gasteiger partial charge in [-0.1, -0.05) is 25.2 Å². The fraction of sp³-hybridized carbons (Fsp3) is 0.750. The van der Waals surface area contributed by atoms with Crippen LogP contribution in [0, 0.1) is 17.3 Å². The maximum absolute atomic E-state index is 12.4. The summed E-state index contributed by atoms with van der Waals surface area (Å²) in [5, 5.41) is 10.9. The number of allylic oxidation sites excluding steroid dienone is 2. The van der Waals surface area contributed by atoms with Crippen molar-refractivity contribution in [2.75, 3.05) is 0 Å². The van der Waals surface area contributed by atoms with Crippen LogP contribution in [0.2, 0.25) is 0 Å². The lowest BCUT2D eigenvalue weighted by Crippen LogP contribution is -2.47. The minimum atomic E-state index is -0.762. The molecule has 3 rings (SSSR count). The molecule has 23 heavy (non-hydrogen) atoms. The Morgan fingerprint density at radius 3 is 2.78 bits per heavy atom. The second-order valence-electron chi connectivity index (χ2n) is 8.48. The van der Waals surface area contributed by atoms with E-state index in [4.69, 9.17) is 4.74 Å². The number of aliphatic hydroxyl groups excluding tert-OH is 1. The summed E-state index contributed by atoms with van der Waals surface area (Å²) in [7, 11) is 0. The predicted molar refractivity (Wildman–Crippen MR) is 90.8 cm³/mol. The van der Waals surface area contributed by atoms with Gasteiger partial charge in [-0.05, 0) is 76.0 Å². The molecule has 3 aliphatic rings. The van der Waals surface area contributed by atoms with Gasteiger partial charge in [-0.15, -0.1) is 0 Å². The van der Waals surface area contributed by atoms with Crippen LogP contribution < -0.4 is 0 Å². The van der Waals surface area contributed by atoms with Crippen LogP contribution in [0.15, 0.2) is 23.8 Å². The fourth-order valence-electron chi connectivity index (χ4n) is 5.10. The number of esters is 1. The van der Waals surface area contributed by atoms with E-state index in [2.05, 4.69) is 20.4 Å². The first-order valence-corrected chi connectivity index (χ1v) is 9.01. The molecule has 1 saturated heterocycles. The Bertz CT molecular complexity index is 549. The molecule has 0 aromatic rings. The van der Waals surface area contributed by atoms with E-state index in [1.165, 1.54) is 5.57 Å². The van der Waals surface area contributed by atoms with Crippen LogP contribution >= 0.6 is 0 Å². The molecular formula is C20H30O3. The molecule has 1 N–H and O–H groups in total. The third kappa shape index (κ3) is 2.88. The average molecular weight is 318 g/mol. The smallest absolute Gasteiger partial charge is 0.334 e. The first-order chi connectivity index (χ1) is 10.8. The van der Waals surface area contributed by atoms with Gasteiger partial charge in [0.2, 0.25) is 0 Å². The zero-order valence-electron chi connectivity index (χ0n) is 14.7. The number of ether oxygens (including phenoxy) is 1. The summed E-state index contributed by atoms with van der Waals surface area (Å²) in [6, 6.07) is 0.